The number of hydrogen-bond donors (Lipinski definition) is 2. The highest BCUT2D eigenvalue weighted by Crippen LogP contribution is 2.22. The molecule has 1 aliphatic heterocycles. The molecule has 0 aliphatic carbocycles. The molecule has 0 amide bonds. The van der Waals surface area contributed by atoms with Crippen molar-refractivity contribution in [1.29, 1.82) is 0 Å². The maximum Gasteiger partial charge on any atom is 0.301 e. The van der Waals surface area contributed by atoms with Crippen LogP contribution in [0.2, 0.25) is 0 Å². The molecule has 0 atom stereocenters. The first-order valence-electron chi connectivity index (χ1n) is 5.56. The van der Waals surface area contributed by atoms with E-state index in [4.69, 9.17) is 0 Å². The lowest BCUT2D eigenvalue weighted by molar-refractivity contribution is 0.471. The number of nitrogens with zero attached hydrogens (tertiary/aromatic N) is 1. The highest BCUT2D eigenvalue weighted by atomic mass is 32.2. The van der Waals surface area contributed by atoms with Crippen LogP contribution in [0.25, 0.3) is 0 Å². The number of aryl methyl sites for hydroxylation is 1. The predicted octanol–water partition coefficient (Wildman–Crippen LogP) is 1.45. The Hall–Kier alpha value is -1.27. The number of phenolic OH excluding ortho intramolecular Hbond substituents is 1. The molecule has 1 saturated heterocycles. The van der Waals surface area contributed by atoms with Crippen LogP contribution in [-0.2, 0) is 10.2 Å². The van der Waals surface area contributed by atoms with Crippen LogP contribution in [0.3, 0.4) is 0 Å². The van der Waals surface area contributed by atoms with Crippen LogP contribution in [0, 0.1) is 6.92 Å². The van der Waals surface area contributed by atoms with Crippen molar-refractivity contribution in [3.05, 3.63) is 23.8 Å². The van der Waals surface area contributed by atoms with Crippen LogP contribution in [0.1, 0.15) is 18.4 Å². The number of phenols is 1. The van der Waals surface area contributed by atoms with Gasteiger partial charge in [-0.25, -0.2) is 0 Å². The zero-order valence-electron chi connectivity index (χ0n) is 9.68. The number of benzene rings is 1. The zero-order chi connectivity index (χ0) is 12.5. The molecule has 1 heterocycles. The Bertz CT molecular complexity index is 507. The summed E-state index contributed by atoms with van der Waals surface area (Å²) in [4.78, 5) is 0. The summed E-state index contributed by atoms with van der Waals surface area (Å²) in [6.45, 7) is 2.88. The Morgan fingerprint density at radius 2 is 1.94 bits per heavy atom. The van der Waals surface area contributed by atoms with Gasteiger partial charge in [0.15, 0.2) is 0 Å². The molecule has 6 heteroatoms. The van der Waals surface area contributed by atoms with Gasteiger partial charge in [-0.15, -0.1) is 0 Å². The third-order valence-corrected chi connectivity index (χ3v) is 4.39. The van der Waals surface area contributed by atoms with Crippen molar-refractivity contribution in [2.45, 2.75) is 19.8 Å². The van der Waals surface area contributed by atoms with Crippen molar-refractivity contribution >= 4 is 15.9 Å². The molecule has 1 aromatic carbocycles. The minimum Gasteiger partial charge on any atom is -0.508 e. The molecule has 2 rings (SSSR count). The van der Waals surface area contributed by atoms with E-state index in [2.05, 4.69) is 4.72 Å². The lowest BCUT2D eigenvalue weighted by Crippen LogP contribution is -2.33. The smallest absolute Gasteiger partial charge is 0.301 e. The number of aromatic hydroxyl groups is 1. The lowest BCUT2D eigenvalue weighted by Gasteiger charge is -2.17. The van der Waals surface area contributed by atoms with Crippen molar-refractivity contribution in [2.75, 3.05) is 17.8 Å². The fraction of sp³-hybridized carbons (Fsp3) is 0.455. The van der Waals surface area contributed by atoms with E-state index in [1.54, 1.807) is 19.1 Å². The Morgan fingerprint density at radius 3 is 2.53 bits per heavy atom. The van der Waals surface area contributed by atoms with Gasteiger partial charge in [0, 0.05) is 13.1 Å². The van der Waals surface area contributed by atoms with Gasteiger partial charge in [-0.3, -0.25) is 4.72 Å². The van der Waals surface area contributed by atoms with Crippen molar-refractivity contribution in [2.24, 2.45) is 0 Å². The van der Waals surface area contributed by atoms with E-state index in [9.17, 15) is 13.5 Å². The highest BCUT2D eigenvalue weighted by Gasteiger charge is 2.25. The van der Waals surface area contributed by atoms with Gasteiger partial charge >= 0.3 is 10.2 Å². The van der Waals surface area contributed by atoms with Gasteiger partial charge in [0.1, 0.15) is 5.75 Å². The Kier molecular flexibility index (Phi) is 3.26. The molecular formula is C11H16N2O3S. The van der Waals surface area contributed by atoms with Crippen LogP contribution in [-0.4, -0.2) is 30.9 Å². The van der Waals surface area contributed by atoms with E-state index >= 15 is 0 Å². The van der Waals surface area contributed by atoms with Crippen LogP contribution in [0.4, 0.5) is 5.69 Å². The number of rotatable bonds is 3. The molecule has 2 N–H and O–H groups in total. The Morgan fingerprint density at radius 1 is 1.29 bits per heavy atom. The summed E-state index contributed by atoms with van der Waals surface area (Å²) in [5, 5.41) is 9.37. The van der Waals surface area contributed by atoms with Crippen molar-refractivity contribution in [1.82, 2.24) is 4.31 Å². The van der Waals surface area contributed by atoms with Crippen LogP contribution in [0.15, 0.2) is 18.2 Å². The summed E-state index contributed by atoms with van der Waals surface area (Å²) in [5.41, 5.74) is 1.12. The molecule has 0 bridgehead atoms. The zero-order valence-corrected chi connectivity index (χ0v) is 10.5. The molecule has 17 heavy (non-hydrogen) atoms. The molecule has 0 aromatic heterocycles. The SMILES string of the molecule is Cc1cc(NS(=O)(=O)N2CCCC2)ccc1O. The van der Waals surface area contributed by atoms with Crippen LogP contribution < -0.4 is 4.72 Å². The van der Waals surface area contributed by atoms with E-state index < -0.39 is 10.2 Å². The molecule has 1 aliphatic rings. The summed E-state index contributed by atoms with van der Waals surface area (Å²) in [5.74, 6) is 0.161. The summed E-state index contributed by atoms with van der Waals surface area (Å²) < 4.78 is 27.9. The van der Waals surface area contributed by atoms with E-state index in [0.717, 1.165) is 12.8 Å². The van der Waals surface area contributed by atoms with Gasteiger partial charge < -0.3 is 5.11 Å². The second-order valence-corrected chi connectivity index (χ2v) is 5.89. The maximum absolute atomic E-state index is 12.0. The normalized spacial score (nSPS) is 17.2. The first kappa shape index (κ1) is 12.2. The largest absolute Gasteiger partial charge is 0.508 e. The third kappa shape index (κ3) is 2.70. The molecular weight excluding hydrogens is 240 g/mol. The molecule has 0 radical (unpaired) electrons. The summed E-state index contributed by atoms with van der Waals surface area (Å²) in [7, 11) is -3.44. The van der Waals surface area contributed by atoms with Gasteiger partial charge in [0.25, 0.3) is 0 Å². The van der Waals surface area contributed by atoms with E-state index in [1.807, 2.05) is 0 Å². The molecule has 0 spiro atoms. The van der Waals surface area contributed by atoms with Crippen molar-refractivity contribution in [3.8, 4) is 5.75 Å². The second kappa shape index (κ2) is 4.54. The summed E-state index contributed by atoms with van der Waals surface area (Å²) in [6, 6.07) is 4.65. The van der Waals surface area contributed by atoms with Crippen molar-refractivity contribution in [3.63, 3.8) is 0 Å². The minimum absolute atomic E-state index is 0.161. The average Bonchev–Trinajstić information content (AvgIpc) is 2.77. The molecule has 1 aromatic rings. The van der Waals surface area contributed by atoms with Crippen LogP contribution in [0.5, 0.6) is 5.75 Å². The monoisotopic (exact) mass is 256 g/mol. The van der Waals surface area contributed by atoms with Gasteiger partial charge in [0.2, 0.25) is 0 Å². The van der Waals surface area contributed by atoms with Crippen LogP contribution >= 0.6 is 0 Å². The first-order chi connectivity index (χ1) is 7.99. The Balaban J connectivity index is 2.17. The van der Waals surface area contributed by atoms with E-state index in [1.165, 1.54) is 10.4 Å². The van der Waals surface area contributed by atoms with Gasteiger partial charge in [0.05, 0.1) is 5.69 Å². The lowest BCUT2D eigenvalue weighted by atomic mass is 10.2. The Labute approximate surface area is 101 Å². The predicted molar refractivity (Wildman–Crippen MR) is 66.2 cm³/mol. The summed E-state index contributed by atoms with van der Waals surface area (Å²) >= 11 is 0. The van der Waals surface area contributed by atoms with E-state index in [0.29, 0.717) is 24.3 Å². The molecule has 0 unspecified atom stereocenters. The molecule has 1 fully saturated rings. The number of hydrogen-bond acceptors (Lipinski definition) is 3. The number of anilines is 1. The second-order valence-electron chi connectivity index (χ2n) is 4.21. The molecule has 0 saturated carbocycles. The third-order valence-electron chi connectivity index (χ3n) is 2.85. The highest BCUT2D eigenvalue weighted by molar-refractivity contribution is 7.90. The van der Waals surface area contributed by atoms with Crippen molar-refractivity contribution < 1.29 is 13.5 Å². The topological polar surface area (TPSA) is 69.6 Å². The first-order valence-corrected chi connectivity index (χ1v) is 7.00. The number of nitrogens with one attached hydrogen (secondary N) is 1. The molecule has 94 valence electrons. The standard InChI is InChI=1S/C11H16N2O3S/c1-9-8-10(4-5-11(9)14)12-17(15,16)13-6-2-3-7-13/h4-5,8,12,14H,2-3,6-7H2,1H3. The fourth-order valence-electron chi connectivity index (χ4n) is 1.86. The minimum atomic E-state index is -3.44. The van der Waals surface area contributed by atoms with Gasteiger partial charge in [-0.2, -0.15) is 12.7 Å². The average molecular weight is 256 g/mol. The molecule has 5 nitrogen and oxygen atoms in total. The fourth-order valence-corrected chi connectivity index (χ4v) is 3.15. The summed E-state index contributed by atoms with van der Waals surface area (Å²) in [6.07, 6.45) is 1.82. The van der Waals surface area contributed by atoms with Gasteiger partial charge in [-0.05, 0) is 43.5 Å². The quantitative estimate of drug-likeness (QED) is 0.804. The maximum atomic E-state index is 12.0. The van der Waals surface area contributed by atoms with Gasteiger partial charge in [-0.1, -0.05) is 0 Å². The van der Waals surface area contributed by atoms with E-state index in [-0.39, 0.29) is 5.75 Å².